The highest BCUT2D eigenvalue weighted by Gasteiger charge is 2.44. The van der Waals surface area contributed by atoms with E-state index in [0.717, 1.165) is 38.9 Å². The van der Waals surface area contributed by atoms with E-state index in [1.165, 1.54) is 71.0 Å². The van der Waals surface area contributed by atoms with Crippen molar-refractivity contribution >= 4 is 22.1 Å². The summed E-state index contributed by atoms with van der Waals surface area (Å²) < 4.78 is 6.38. The fourth-order valence-corrected chi connectivity index (χ4v) is 8.74. The van der Waals surface area contributed by atoms with Gasteiger partial charge >= 0.3 is 0 Å². The topological polar surface area (TPSA) is 62.7 Å². The molecule has 8 aromatic rings. The summed E-state index contributed by atoms with van der Waals surface area (Å²) in [5.74, 6) is 0.595. The second kappa shape index (κ2) is 11.6. The molecule has 2 aliphatic carbocycles. The van der Waals surface area contributed by atoms with Crippen molar-refractivity contribution in [3.63, 3.8) is 0 Å². The molecule has 6 aromatic carbocycles. The van der Waals surface area contributed by atoms with Crippen molar-refractivity contribution in [3.8, 4) is 62.1 Å². The van der Waals surface area contributed by atoms with E-state index >= 15 is 0 Å². The van der Waals surface area contributed by atoms with E-state index < -0.39 is 0 Å². The van der Waals surface area contributed by atoms with Gasteiger partial charge in [-0.1, -0.05) is 116 Å². The maximum absolute atomic E-state index is 9.33. The molecule has 0 aliphatic heterocycles. The lowest BCUT2D eigenvalue weighted by molar-refractivity contribution is 0.353. The van der Waals surface area contributed by atoms with E-state index in [9.17, 15) is 5.26 Å². The van der Waals surface area contributed by atoms with Crippen LogP contribution >= 0.6 is 0 Å². The predicted octanol–water partition coefficient (Wildman–Crippen LogP) is 12.1. The van der Waals surface area contributed by atoms with Gasteiger partial charge in [0.1, 0.15) is 16.8 Å². The van der Waals surface area contributed by atoms with Gasteiger partial charge in [-0.25, -0.2) is 9.97 Å². The molecule has 10 rings (SSSR count). The normalized spacial score (nSPS) is 14.4. The summed E-state index contributed by atoms with van der Waals surface area (Å²) in [6, 6.07) is 51.3. The highest BCUT2D eigenvalue weighted by molar-refractivity contribution is 6.07. The van der Waals surface area contributed by atoms with E-state index in [1.54, 1.807) is 12.1 Å². The van der Waals surface area contributed by atoms with Crippen molar-refractivity contribution in [1.29, 1.82) is 5.26 Å². The molecule has 242 valence electrons. The van der Waals surface area contributed by atoms with Crippen LogP contribution in [0.3, 0.4) is 0 Å². The molecule has 0 bridgehead atoms. The van der Waals surface area contributed by atoms with Gasteiger partial charge in [-0.2, -0.15) is 5.26 Å². The van der Waals surface area contributed by atoms with Crippen LogP contribution in [-0.2, 0) is 5.41 Å². The molecule has 0 N–H and O–H groups in total. The average Bonchev–Trinajstić information content (AvgIpc) is 3.71. The van der Waals surface area contributed by atoms with Crippen molar-refractivity contribution in [2.24, 2.45) is 0 Å². The van der Waals surface area contributed by atoms with Crippen molar-refractivity contribution in [2.45, 2.75) is 37.5 Å². The Morgan fingerprint density at radius 2 is 1.25 bits per heavy atom. The third-order valence-electron chi connectivity index (χ3n) is 11.2. The Labute approximate surface area is 296 Å². The summed E-state index contributed by atoms with van der Waals surface area (Å²) in [7, 11) is 0. The minimum atomic E-state index is 0.139. The van der Waals surface area contributed by atoms with E-state index in [2.05, 4.69) is 97.1 Å². The number of nitriles is 1. The molecule has 2 heterocycles. The van der Waals surface area contributed by atoms with Crippen LogP contribution in [0.15, 0.2) is 144 Å². The minimum absolute atomic E-state index is 0.139. The molecule has 0 amide bonds. The molecule has 2 aromatic heterocycles. The monoisotopic (exact) mass is 655 g/mol. The van der Waals surface area contributed by atoms with Gasteiger partial charge in [0.05, 0.1) is 11.6 Å². The Bertz CT molecular complexity index is 2670. The molecular weight excluding hydrogens is 623 g/mol. The number of aromatic nitrogens is 2. The fraction of sp³-hybridized carbons (Fsp3) is 0.128. The largest absolute Gasteiger partial charge is 0.452 e. The van der Waals surface area contributed by atoms with Crippen LogP contribution in [0.5, 0.6) is 0 Å². The van der Waals surface area contributed by atoms with Gasteiger partial charge in [0, 0.05) is 21.9 Å². The van der Waals surface area contributed by atoms with Crippen LogP contribution in [-0.4, -0.2) is 9.97 Å². The van der Waals surface area contributed by atoms with Crippen LogP contribution < -0.4 is 0 Å². The van der Waals surface area contributed by atoms with Crippen LogP contribution in [0.4, 0.5) is 0 Å². The van der Waals surface area contributed by atoms with Gasteiger partial charge in [-0.05, 0) is 99.8 Å². The first-order valence-electron chi connectivity index (χ1n) is 17.8. The molecule has 2 aliphatic rings. The van der Waals surface area contributed by atoms with Crippen molar-refractivity contribution in [3.05, 3.63) is 156 Å². The average molecular weight is 656 g/mol. The standard InChI is InChI=1S/C47H33N3O/c48-29-30-18-20-33(21-19-30)46-49-43(45-44(50-46)38-13-3-5-17-41(38)51-45)32-24-22-31(23-25-32)34-10-8-11-35(28-34)36-14-9-16-40-42(36)37-12-2-4-15-39(37)47(40)26-6-1-7-27-47/h2-5,8-25,28H,1,6-7,26-27H2. The number of furan rings is 1. The maximum atomic E-state index is 9.33. The highest BCUT2D eigenvalue weighted by Crippen LogP contribution is 2.57. The van der Waals surface area contributed by atoms with Crippen molar-refractivity contribution in [1.82, 2.24) is 9.97 Å². The molecule has 0 unspecified atom stereocenters. The van der Waals surface area contributed by atoms with Crippen LogP contribution in [0.2, 0.25) is 0 Å². The van der Waals surface area contributed by atoms with Gasteiger partial charge < -0.3 is 4.42 Å². The summed E-state index contributed by atoms with van der Waals surface area (Å²) >= 11 is 0. The first kappa shape index (κ1) is 29.6. The second-order valence-corrected chi connectivity index (χ2v) is 13.9. The number of nitrogens with zero attached hydrogens (tertiary/aromatic N) is 3. The molecule has 1 saturated carbocycles. The zero-order valence-corrected chi connectivity index (χ0v) is 28.1. The fourth-order valence-electron chi connectivity index (χ4n) is 8.74. The third kappa shape index (κ3) is 4.66. The SMILES string of the molecule is N#Cc1ccc(-c2nc(-c3ccc(-c4cccc(-c5cccc6c5-c5ccccc5C65CCCCC5)c4)cc3)c3oc4ccccc4c3n2)cc1. The number of rotatable bonds is 4. The summed E-state index contributed by atoms with van der Waals surface area (Å²) in [6.07, 6.45) is 6.37. The van der Waals surface area contributed by atoms with Crippen LogP contribution in [0.1, 0.15) is 48.8 Å². The van der Waals surface area contributed by atoms with Gasteiger partial charge in [-0.3, -0.25) is 0 Å². The number of benzene rings is 6. The Hall–Kier alpha value is -6.31. The molecule has 0 radical (unpaired) electrons. The lowest BCUT2D eigenvalue weighted by atomic mass is 9.68. The Morgan fingerprint density at radius 1 is 0.569 bits per heavy atom. The number of hydrogen-bond donors (Lipinski definition) is 0. The zero-order valence-electron chi connectivity index (χ0n) is 28.1. The molecule has 1 fully saturated rings. The van der Waals surface area contributed by atoms with E-state index in [0.29, 0.717) is 17.0 Å². The maximum Gasteiger partial charge on any atom is 0.180 e. The second-order valence-electron chi connectivity index (χ2n) is 13.9. The van der Waals surface area contributed by atoms with Gasteiger partial charge in [0.15, 0.2) is 11.4 Å². The number of para-hydroxylation sites is 1. The zero-order chi connectivity index (χ0) is 33.9. The third-order valence-corrected chi connectivity index (χ3v) is 11.2. The molecule has 4 heteroatoms. The lowest BCUT2D eigenvalue weighted by Gasteiger charge is -2.36. The predicted molar refractivity (Wildman–Crippen MR) is 205 cm³/mol. The van der Waals surface area contributed by atoms with E-state index in [4.69, 9.17) is 14.4 Å². The van der Waals surface area contributed by atoms with Gasteiger partial charge in [0.2, 0.25) is 0 Å². The minimum Gasteiger partial charge on any atom is -0.452 e. The van der Waals surface area contributed by atoms with Crippen molar-refractivity contribution in [2.75, 3.05) is 0 Å². The molecular formula is C47H33N3O. The Morgan fingerprint density at radius 3 is 2.10 bits per heavy atom. The molecule has 1 spiro atoms. The van der Waals surface area contributed by atoms with Gasteiger partial charge in [0.25, 0.3) is 0 Å². The van der Waals surface area contributed by atoms with Crippen molar-refractivity contribution < 1.29 is 4.42 Å². The summed E-state index contributed by atoms with van der Waals surface area (Å²) in [6.45, 7) is 0. The first-order valence-corrected chi connectivity index (χ1v) is 17.8. The molecule has 4 nitrogen and oxygen atoms in total. The Kier molecular flexibility index (Phi) is 6.76. The smallest absolute Gasteiger partial charge is 0.180 e. The highest BCUT2D eigenvalue weighted by atomic mass is 16.3. The van der Waals surface area contributed by atoms with E-state index in [1.807, 2.05) is 36.4 Å². The quantitative estimate of drug-likeness (QED) is 0.189. The summed E-state index contributed by atoms with van der Waals surface area (Å²) in [4.78, 5) is 10.0. The molecule has 0 atom stereocenters. The molecule has 0 saturated heterocycles. The summed E-state index contributed by atoms with van der Waals surface area (Å²) in [5.41, 5.74) is 16.2. The number of hydrogen-bond acceptors (Lipinski definition) is 4. The van der Waals surface area contributed by atoms with Gasteiger partial charge in [-0.15, -0.1) is 0 Å². The lowest BCUT2D eigenvalue weighted by Crippen LogP contribution is -2.27. The van der Waals surface area contributed by atoms with Crippen LogP contribution in [0.25, 0.3) is 78.1 Å². The van der Waals surface area contributed by atoms with E-state index in [-0.39, 0.29) is 5.41 Å². The summed E-state index contributed by atoms with van der Waals surface area (Å²) in [5, 5.41) is 10.3. The number of fused-ring (bicyclic) bond motifs is 8. The Balaban J connectivity index is 1.06. The molecule has 51 heavy (non-hydrogen) atoms. The van der Waals surface area contributed by atoms with Crippen LogP contribution in [0, 0.1) is 11.3 Å². The first-order chi connectivity index (χ1) is 25.2.